The molecular weight excluding hydrogens is 108 g/mol. The van der Waals surface area contributed by atoms with Crippen LogP contribution in [0.4, 0.5) is 0 Å². The van der Waals surface area contributed by atoms with Crippen LogP contribution in [0.15, 0.2) is 36.5 Å². The fourth-order valence-electron chi connectivity index (χ4n) is 1.02. The zero-order valence-electron chi connectivity index (χ0n) is 5.74. The molecule has 0 saturated heterocycles. The van der Waals surface area contributed by atoms with E-state index in [1.807, 2.05) is 0 Å². The zero-order valence-corrected chi connectivity index (χ0v) is 5.74. The predicted molar refractivity (Wildman–Crippen MR) is 41.3 cm³/mol. The highest BCUT2D eigenvalue weighted by atomic mass is 14.1. The summed E-state index contributed by atoms with van der Waals surface area (Å²) in [5.41, 5.74) is 3.68. The van der Waals surface area contributed by atoms with Crippen LogP contribution < -0.4 is 0 Å². The monoisotopic (exact) mass is 120 g/mol. The maximum Gasteiger partial charge on any atom is -0.00730 e. The molecule has 48 valence electrons. The molecule has 1 fully saturated rings. The SMILES string of the molecule is C=C1CCC(=C)C(=C)C1. The number of hydrogen-bond acceptors (Lipinski definition) is 0. The van der Waals surface area contributed by atoms with Gasteiger partial charge in [-0.2, -0.15) is 0 Å². The fourth-order valence-corrected chi connectivity index (χ4v) is 1.02. The summed E-state index contributed by atoms with van der Waals surface area (Å²) >= 11 is 0. The van der Waals surface area contributed by atoms with E-state index < -0.39 is 0 Å². The third-order valence-electron chi connectivity index (χ3n) is 1.74. The molecule has 9 heavy (non-hydrogen) atoms. The van der Waals surface area contributed by atoms with Crippen molar-refractivity contribution in [3.63, 3.8) is 0 Å². The van der Waals surface area contributed by atoms with Crippen molar-refractivity contribution in [3.8, 4) is 0 Å². The lowest BCUT2D eigenvalue weighted by Crippen LogP contribution is -1.97. The smallest absolute Gasteiger partial charge is 0.00730 e. The van der Waals surface area contributed by atoms with Crippen LogP contribution in [0.25, 0.3) is 0 Å². The lowest BCUT2D eigenvalue weighted by molar-refractivity contribution is 0.838. The fraction of sp³-hybridized carbons (Fsp3) is 0.333. The van der Waals surface area contributed by atoms with Crippen LogP contribution >= 0.6 is 0 Å². The molecular formula is C9H12. The lowest BCUT2D eigenvalue weighted by atomic mass is 9.89. The average molecular weight is 120 g/mol. The first kappa shape index (κ1) is 6.34. The molecule has 0 bridgehead atoms. The first-order valence-corrected chi connectivity index (χ1v) is 3.22. The van der Waals surface area contributed by atoms with Gasteiger partial charge in [0.25, 0.3) is 0 Å². The van der Waals surface area contributed by atoms with Crippen LogP contribution in [-0.2, 0) is 0 Å². The summed E-state index contributed by atoms with van der Waals surface area (Å²) in [5, 5.41) is 0. The van der Waals surface area contributed by atoms with Crippen molar-refractivity contribution in [1.82, 2.24) is 0 Å². The molecule has 1 saturated carbocycles. The maximum absolute atomic E-state index is 3.90. The molecule has 1 aliphatic carbocycles. The van der Waals surface area contributed by atoms with Gasteiger partial charge in [-0.05, 0) is 24.8 Å². The highest BCUT2D eigenvalue weighted by Gasteiger charge is 2.09. The van der Waals surface area contributed by atoms with Gasteiger partial charge in [0.05, 0.1) is 0 Å². The van der Waals surface area contributed by atoms with Crippen molar-refractivity contribution in [2.45, 2.75) is 19.3 Å². The van der Waals surface area contributed by atoms with Gasteiger partial charge >= 0.3 is 0 Å². The molecule has 0 aromatic carbocycles. The van der Waals surface area contributed by atoms with Gasteiger partial charge in [0.1, 0.15) is 0 Å². The van der Waals surface area contributed by atoms with Crippen LogP contribution in [0.1, 0.15) is 19.3 Å². The molecule has 0 aliphatic heterocycles. The van der Waals surface area contributed by atoms with E-state index in [1.54, 1.807) is 0 Å². The summed E-state index contributed by atoms with van der Waals surface area (Å²) in [4.78, 5) is 0. The highest BCUT2D eigenvalue weighted by Crippen LogP contribution is 2.28. The summed E-state index contributed by atoms with van der Waals surface area (Å²) < 4.78 is 0. The molecule has 0 amide bonds. The van der Waals surface area contributed by atoms with E-state index in [2.05, 4.69) is 19.7 Å². The molecule has 0 unspecified atom stereocenters. The Hall–Kier alpha value is -0.780. The van der Waals surface area contributed by atoms with E-state index >= 15 is 0 Å². The Labute approximate surface area is 56.6 Å². The molecule has 0 N–H and O–H groups in total. The predicted octanol–water partition coefficient (Wildman–Crippen LogP) is 2.84. The van der Waals surface area contributed by atoms with Crippen LogP contribution in [0, 0.1) is 0 Å². The molecule has 0 radical (unpaired) electrons. The van der Waals surface area contributed by atoms with E-state index in [9.17, 15) is 0 Å². The van der Waals surface area contributed by atoms with Crippen molar-refractivity contribution in [2.75, 3.05) is 0 Å². The van der Waals surface area contributed by atoms with Crippen LogP contribution in [0.3, 0.4) is 0 Å². The van der Waals surface area contributed by atoms with Gasteiger partial charge in [-0.15, -0.1) is 0 Å². The molecule has 0 heterocycles. The maximum atomic E-state index is 3.90. The Morgan fingerprint density at radius 2 is 1.56 bits per heavy atom. The Balaban J connectivity index is 2.64. The molecule has 0 heteroatoms. The third kappa shape index (κ3) is 1.32. The van der Waals surface area contributed by atoms with Gasteiger partial charge in [0.15, 0.2) is 0 Å². The first-order chi connectivity index (χ1) is 4.20. The standard InChI is InChI=1S/C9H12/c1-7-4-5-8(2)9(3)6-7/h1-6H2. The minimum Gasteiger partial charge on any atom is -0.0995 e. The van der Waals surface area contributed by atoms with E-state index in [0.29, 0.717) is 0 Å². The average Bonchev–Trinajstić information content (AvgIpc) is 1.80. The number of hydrogen-bond donors (Lipinski definition) is 0. The van der Waals surface area contributed by atoms with E-state index in [0.717, 1.165) is 19.3 Å². The van der Waals surface area contributed by atoms with Crippen molar-refractivity contribution < 1.29 is 0 Å². The molecule has 0 atom stereocenters. The first-order valence-electron chi connectivity index (χ1n) is 3.22. The molecule has 0 aromatic rings. The normalized spacial score (nSPS) is 20.7. The van der Waals surface area contributed by atoms with Crippen LogP contribution in [0.5, 0.6) is 0 Å². The molecule has 1 aliphatic rings. The summed E-state index contributed by atoms with van der Waals surface area (Å²) in [6.07, 6.45) is 3.15. The minimum atomic E-state index is 0.971. The van der Waals surface area contributed by atoms with Crippen molar-refractivity contribution in [2.24, 2.45) is 0 Å². The van der Waals surface area contributed by atoms with Crippen molar-refractivity contribution >= 4 is 0 Å². The van der Waals surface area contributed by atoms with E-state index in [-0.39, 0.29) is 0 Å². The topological polar surface area (TPSA) is 0 Å². The number of rotatable bonds is 0. The second kappa shape index (κ2) is 2.22. The van der Waals surface area contributed by atoms with Gasteiger partial charge in [0.2, 0.25) is 0 Å². The quantitative estimate of drug-likeness (QED) is 0.431. The molecule has 0 spiro atoms. The van der Waals surface area contributed by atoms with Gasteiger partial charge in [-0.3, -0.25) is 0 Å². The van der Waals surface area contributed by atoms with E-state index in [4.69, 9.17) is 0 Å². The van der Waals surface area contributed by atoms with Gasteiger partial charge < -0.3 is 0 Å². The highest BCUT2D eigenvalue weighted by molar-refractivity contribution is 5.33. The van der Waals surface area contributed by atoms with Crippen molar-refractivity contribution in [3.05, 3.63) is 36.5 Å². The van der Waals surface area contributed by atoms with Crippen LogP contribution in [0.2, 0.25) is 0 Å². The molecule has 0 aromatic heterocycles. The van der Waals surface area contributed by atoms with Gasteiger partial charge in [-0.1, -0.05) is 30.9 Å². The molecule has 0 nitrogen and oxygen atoms in total. The summed E-state index contributed by atoms with van der Waals surface area (Å²) in [5.74, 6) is 0. The Morgan fingerprint density at radius 3 is 2.00 bits per heavy atom. The second-order valence-electron chi connectivity index (χ2n) is 2.63. The van der Waals surface area contributed by atoms with Gasteiger partial charge in [0, 0.05) is 0 Å². The Bertz CT molecular complexity index is 172. The van der Waals surface area contributed by atoms with Crippen molar-refractivity contribution in [1.29, 1.82) is 0 Å². The van der Waals surface area contributed by atoms with Gasteiger partial charge in [-0.25, -0.2) is 0 Å². The zero-order chi connectivity index (χ0) is 6.85. The largest absolute Gasteiger partial charge is 0.0995 e. The summed E-state index contributed by atoms with van der Waals surface area (Å²) in [6, 6.07) is 0. The lowest BCUT2D eigenvalue weighted by Gasteiger charge is -2.17. The van der Waals surface area contributed by atoms with Crippen LogP contribution in [-0.4, -0.2) is 0 Å². The van der Waals surface area contributed by atoms with E-state index in [1.165, 1.54) is 16.7 Å². The second-order valence-corrected chi connectivity index (χ2v) is 2.63. The minimum absolute atomic E-state index is 0.971. The third-order valence-corrected chi connectivity index (χ3v) is 1.74. The molecule has 1 rings (SSSR count). The Morgan fingerprint density at radius 1 is 0.889 bits per heavy atom. The summed E-state index contributed by atoms with van der Waals surface area (Å²) in [6.45, 7) is 11.7. The number of allylic oxidation sites excluding steroid dienone is 3. The Kier molecular flexibility index (Phi) is 1.56. The summed E-state index contributed by atoms with van der Waals surface area (Å²) in [7, 11) is 0.